The van der Waals surface area contributed by atoms with E-state index in [4.69, 9.17) is 0 Å². The van der Waals surface area contributed by atoms with Crippen LogP contribution in [0, 0.1) is 5.82 Å². The summed E-state index contributed by atoms with van der Waals surface area (Å²) in [5.74, 6) is -2.39. The lowest BCUT2D eigenvalue weighted by Crippen LogP contribution is -2.27. The number of fused-ring (bicyclic) bond motifs is 1. The first kappa shape index (κ1) is 20.6. The molecule has 2 aromatic carbocycles. The molecule has 0 aliphatic carbocycles. The summed E-state index contributed by atoms with van der Waals surface area (Å²) in [7, 11) is 0. The van der Waals surface area contributed by atoms with Crippen LogP contribution in [0.5, 0.6) is 0 Å². The molecule has 0 radical (unpaired) electrons. The Morgan fingerprint density at radius 3 is 2.31 bits per heavy atom. The van der Waals surface area contributed by atoms with Crippen molar-refractivity contribution in [2.45, 2.75) is 18.9 Å². The summed E-state index contributed by atoms with van der Waals surface area (Å²) in [6.45, 7) is -0.752. The van der Waals surface area contributed by atoms with Crippen molar-refractivity contribution in [3.8, 4) is 0 Å². The molecule has 1 aromatic heterocycles. The molecule has 152 valence electrons. The fraction of sp³-hybridized carbons (Fsp3) is 0.158. The van der Waals surface area contributed by atoms with Crippen LogP contribution < -0.4 is 5.32 Å². The van der Waals surface area contributed by atoms with E-state index in [-0.39, 0.29) is 17.0 Å². The van der Waals surface area contributed by atoms with Gasteiger partial charge in [0.15, 0.2) is 0 Å². The Morgan fingerprint density at radius 2 is 1.66 bits per heavy atom. The molecule has 0 aliphatic rings. The molecule has 0 aliphatic heterocycles. The van der Waals surface area contributed by atoms with Crippen molar-refractivity contribution < 1.29 is 35.5 Å². The van der Waals surface area contributed by atoms with Gasteiger partial charge in [0.1, 0.15) is 5.82 Å². The van der Waals surface area contributed by atoms with Crippen LogP contribution in [0.3, 0.4) is 0 Å². The molecule has 3 aromatic rings. The van der Waals surface area contributed by atoms with E-state index in [1.807, 2.05) is 5.32 Å². The Morgan fingerprint density at radius 1 is 0.966 bits per heavy atom. The van der Waals surface area contributed by atoms with Crippen LogP contribution in [0.1, 0.15) is 27.0 Å². The number of hydrogen-bond donors (Lipinski definition) is 1. The van der Waals surface area contributed by atoms with E-state index in [9.17, 15) is 35.5 Å². The number of carbonyl (C=O) groups excluding carboxylic acids is 1. The van der Waals surface area contributed by atoms with E-state index in [0.29, 0.717) is 0 Å². The first-order valence-electron chi connectivity index (χ1n) is 8.07. The smallest absolute Gasteiger partial charge is 0.348 e. The Kier molecular flexibility index (Phi) is 5.20. The number of hydrogen-bond acceptors (Lipinski definition) is 2. The molecule has 0 spiro atoms. The fourth-order valence-electron chi connectivity index (χ4n) is 2.86. The SMILES string of the molecule is O=C(NCc1ccc(F)cc1C(F)(F)F)c1cnc2ccccc2c1C(F)(F)F. The first-order chi connectivity index (χ1) is 13.5. The third kappa shape index (κ3) is 4.30. The first-order valence-corrected chi connectivity index (χ1v) is 8.07. The maximum Gasteiger partial charge on any atom is 0.417 e. The number of aromatic nitrogens is 1. The van der Waals surface area contributed by atoms with Crippen molar-refractivity contribution in [3.05, 3.63) is 76.7 Å². The summed E-state index contributed by atoms with van der Waals surface area (Å²) in [5.41, 5.74) is -3.88. The second kappa shape index (κ2) is 7.34. The highest BCUT2D eigenvalue weighted by atomic mass is 19.4. The van der Waals surface area contributed by atoms with E-state index in [0.717, 1.165) is 24.4 Å². The Bertz CT molecular complexity index is 1070. The molecule has 0 saturated carbocycles. The van der Waals surface area contributed by atoms with E-state index in [1.165, 1.54) is 18.2 Å². The van der Waals surface area contributed by atoms with Crippen LogP contribution in [0.25, 0.3) is 10.9 Å². The van der Waals surface area contributed by atoms with Gasteiger partial charge in [-0.15, -0.1) is 0 Å². The summed E-state index contributed by atoms with van der Waals surface area (Å²) in [5, 5.41) is 1.71. The number of carbonyl (C=O) groups is 1. The topological polar surface area (TPSA) is 42.0 Å². The van der Waals surface area contributed by atoms with E-state index in [1.54, 1.807) is 0 Å². The van der Waals surface area contributed by atoms with E-state index < -0.39 is 52.9 Å². The lowest BCUT2D eigenvalue weighted by atomic mass is 10.0. The van der Waals surface area contributed by atoms with Gasteiger partial charge >= 0.3 is 12.4 Å². The minimum atomic E-state index is -4.90. The van der Waals surface area contributed by atoms with Crippen molar-refractivity contribution in [2.75, 3.05) is 0 Å². The molecular formula is C19H11F7N2O. The van der Waals surface area contributed by atoms with Crippen molar-refractivity contribution in [3.63, 3.8) is 0 Å². The number of para-hydroxylation sites is 1. The molecule has 1 heterocycles. The van der Waals surface area contributed by atoms with E-state index in [2.05, 4.69) is 4.98 Å². The molecule has 0 fully saturated rings. The summed E-state index contributed by atoms with van der Waals surface area (Å²) < 4.78 is 93.0. The number of amides is 1. The number of rotatable bonds is 3. The Labute approximate surface area is 159 Å². The standard InChI is InChI=1S/C19H11F7N2O/c20-11-6-5-10(14(7-11)18(21,22)23)8-28-17(29)13-9-27-15-4-2-1-3-12(15)16(13)19(24,25)26/h1-7,9H,8H2,(H,28,29). The molecule has 0 bridgehead atoms. The zero-order valence-corrected chi connectivity index (χ0v) is 14.3. The lowest BCUT2D eigenvalue weighted by molar-refractivity contribution is -0.138. The predicted octanol–water partition coefficient (Wildman–Crippen LogP) is 5.34. The molecule has 3 nitrogen and oxygen atoms in total. The van der Waals surface area contributed by atoms with Crippen LogP contribution in [0.15, 0.2) is 48.7 Å². The zero-order valence-electron chi connectivity index (χ0n) is 14.3. The molecule has 1 N–H and O–H groups in total. The van der Waals surface area contributed by atoms with Crippen molar-refractivity contribution in [1.82, 2.24) is 10.3 Å². The monoisotopic (exact) mass is 416 g/mol. The summed E-state index contributed by atoms with van der Waals surface area (Å²) >= 11 is 0. The average molecular weight is 416 g/mol. The van der Waals surface area contributed by atoms with Gasteiger partial charge in [-0.1, -0.05) is 24.3 Å². The summed E-state index contributed by atoms with van der Waals surface area (Å²) in [4.78, 5) is 16.2. The van der Waals surface area contributed by atoms with Crippen LogP contribution >= 0.6 is 0 Å². The van der Waals surface area contributed by atoms with Gasteiger partial charge in [0.25, 0.3) is 5.91 Å². The van der Waals surface area contributed by atoms with Crippen molar-refractivity contribution >= 4 is 16.8 Å². The molecule has 10 heteroatoms. The highest BCUT2D eigenvalue weighted by Gasteiger charge is 2.38. The Balaban J connectivity index is 1.96. The minimum Gasteiger partial charge on any atom is -0.348 e. The van der Waals surface area contributed by atoms with Crippen molar-refractivity contribution in [2.24, 2.45) is 0 Å². The van der Waals surface area contributed by atoms with E-state index >= 15 is 0 Å². The normalized spacial score (nSPS) is 12.2. The highest BCUT2D eigenvalue weighted by molar-refractivity contribution is 6.00. The number of halogens is 7. The average Bonchev–Trinajstić information content (AvgIpc) is 2.64. The largest absolute Gasteiger partial charge is 0.417 e. The van der Waals surface area contributed by atoms with Crippen LogP contribution in [0.2, 0.25) is 0 Å². The quantitative estimate of drug-likeness (QED) is 0.586. The zero-order chi connectivity index (χ0) is 21.4. The third-order valence-electron chi connectivity index (χ3n) is 4.12. The molecule has 0 atom stereocenters. The molecule has 0 saturated heterocycles. The molecule has 0 unspecified atom stereocenters. The summed E-state index contributed by atoms with van der Waals surface area (Å²) in [6, 6.07) is 7.11. The van der Waals surface area contributed by atoms with Gasteiger partial charge in [0.2, 0.25) is 0 Å². The maximum absolute atomic E-state index is 13.6. The second-order valence-corrected chi connectivity index (χ2v) is 6.04. The minimum absolute atomic E-state index is 0.00858. The predicted molar refractivity (Wildman–Crippen MR) is 89.3 cm³/mol. The molecular weight excluding hydrogens is 405 g/mol. The van der Waals surface area contributed by atoms with Gasteiger partial charge in [0, 0.05) is 18.1 Å². The van der Waals surface area contributed by atoms with Gasteiger partial charge < -0.3 is 5.32 Å². The number of nitrogens with zero attached hydrogens (tertiary/aromatic N) is 1. The van der Waals surface area contributed by atoms with Gasteiger partial charge in [-0.25, -0.2) is 4.39 Å². The third-order valence-corrected chi connectivity index (χ3v) is 4.12. The molecule has 29 heavy (non-hydrogen) atoms. The number of pyridine rings is 1. The highest BCUT2D eigenvalue weighted by Crippen LogP contribution is 2.37. The van der Waals surface area contributed by atoms with Gasteiger partial charge in [-0.05, 0) is 23.8 Å². The summed E-state index contributed by atoms with van der Waals surface area (Å²) in [6.07, 6.45) is -9.08. The Hall–Kier alpha value is -3.17. The number of alkyl halides is 6. The fourth-order valence-corrected chi connectivity index (χ4v) is 2.86. The molecule has 3 rings (SSSR count). The van der Waals surface area contributed by atoms with Crippen LogP contribution in [-0.2, 0) is 18.9 Å². The molecule has 1 amide bonds. The van der Waals surface area contributed by atoms with Gasteiger partial charge in [0.05, 0.1) is 22.2 Å². The second-order valence-electron chi connectivity index (χ2n) is 6.04. The van der Waals surface area contributed by atoms with Crippen molar-refractivity contribution in [1.29, 1.82) is 0 Å². The van der Waals surface area contributed by atoms with Crippen LogP contribution in [-0.4, -0.2) is 10.9 Å². The number of benzene rings is 2. The van der Waals surface area contributed by atoms with Gasteiger partial charge in [-0.3, -0.25) is 9.78 Å². The van der Waals surface area contributed by atoms with Crippen LogP contribution in [0.4, 0.5) is 30.7 Å². The van der Waals surface area contributed by atoms with Gasteiger partial charge in [-0.2, -0.15) is 26.3 Å². The number of nitrogens with one attached hydrogen (secondary N) is 1. The maximum atomic E-state index is 13.6. The lowest BCUT2D eigenvalue weighted by Gasteiger charge is -2.16.